The van der Waals surface area contributed by atoms with E-state index in [1.807, 2.05) is 0 Å². The van der Waals surface area contributed by atoms with Crippen LogP contribution in [0.5, 0.6) is 0 Å². The van der Waals surface area contributed by atoms with Gasteiger partial charge in [0, 0.05) is 12.1 Å². The minimum atomic E-state index is -2.91. The summed E-state index contributed by atoms with van der Waals surface area (Å²) in [6.07, 6.45) is 5.31. The first-order valence-electron chi connectivity index (χ1n) is 6.28. The fourth-order valence-electron chi connectivity index (χ4n) is 2.55. The molecule has 2 N–H and O–H groups in total. The molecule has 2 aliphatic rings. The van der Waals surface area contributed by atoms with Crippen molar-refractivity contribution in [1.29, 1.82) is 0 Å². The van der Waals surface area contributed by atoms with Crippen LogP contribution in [0.15, 0.2) is 0 Å². The molecule has 5 nitrogen and oxygen atoms in total. The standard InChI is InChI=1S/C11H20N2O3S/c14-11(7-12-9-3-1-2-4-9)13-10-5-6-17(15,16)8-10/h9-10,12H,1-8H2,(H,13,14). The highest BCUT2D eigenvalue weighted by atomic mass is 32.2. The smallest absolute Gasteiger partial charge is 0.234 e. The lowest BCUT2D eigenvalue weighted by molar-refractivity contribution is -0.120. The third-order valence-corrected chi connectivity index (χ3v) is 5.27. The predicted octanol–water partition coefficient (Wildman–Crippen LogP) is -0.178. The summed E-state index contributed by atoms with van der Waals surface area (Å²) >= 11 is 0. The summed E-state index contributed by atoms with van der Waals surface area (Å²) in [6.45, 7) is 0.307. The first-order valence-corrected chi connectivity index (χ1v) is 8.10. The van der Waals surface area contributed by atoms with Crippen molar-refractivity contribution in [2.45, 2.75) is 44.2 Å². The van der Waals surface area contributed by atoms with Crippen molar-refractivity contribution in [2.75, 3.05) is 18.1 Å². The fraction of sp³-hybridized carbons (Fsp3) is 0.909. The number of hydrogen-bond donors (Lipinski definition) is 2. The van der Waals surface area contributed by atoms with Crippen LogP contribution in [0.25, 0.3) is 0 Å². The number of rotatable bonds is 4. The second-order valence-corrected chi connectivity index (χ2v) is 7.26. The third kappa shape index (κ3) is 3.96. The molecular formula is C11H20N2O3S. The number of sulfone groups is 1. The lowest BCUT2D eigenvalue weighted by Gasteiger charge is -2.14. The van der Waals surface area contributed by atoms with Gasteiger partial charge in [-0.25, -0.2) is 8.42 Å². The monoisotopic (exact) mass is 260 g/mol. The highest BCUT2D eigenvalue weighted by Crippen LogP contribution is 2.17. The van der Waals surface area contributed by atoms with Crippen molar-refractivity contribution < 1.29 is 13.2 Å². The molecule has 0 spiro atoms. The summed E-state index contributed by atoms with van der Waals surface area (Å²) in [7, 11) is -2.91. The quantitative estimate of drug-likeness (QED) is 0.735. The Kier molecular flexibility index (Phi) is 4.04. The van der Waals surface area contributed by atoms with Crippen molar-refractivity contribution >= 4 is 15.7 Å². The number of hydrogen-bond acceptors (Lipinski definition) is 4. The Bertz CT molecular complexity index is 374. The van der Waals surface area contributed by atoms with Crippen molar-refractivity contribution in [3.05, 3.63) is 0 Å². The molecule has 1 heterocycles. The van der Waals surface area contributed by atoms with Crippen LogP contribution < -0.4 is 10.6 Å². The van der Waals surface area contributed by atoms with E-state index < -0.39 is 9.84 Å². The number of amides is 1. The molecule has 1 amide bonds. The number of carbonyl (C=O) groups excluding carboxylic acids is 1. The number of carbonyl (C=O) groups is 1. The lowest BCUT2D eigenvalue weighted by Crippen LogP contribution is -2.43. The topological polar surface area (TPSA) is 75.3 Å². The molecule has 0 aromatic carbocycles. The van der Waals surface area contributed by atoms with Crippen molar-refractivity contribution in [3.63, 3.8) is 0 Å². The summed E-state index contributed by atoms with van der Waals surface area (Å²) in [4.78, 5) is 11.6. The zero-order valence-electron chi connectivity index (χ0n) is 9.94. The van der Waals surface area contributed by atoms with E-state index >= 15 is 0 Å². The average molecular weight is 260 g/mol. The van der Waals surface area contributed by atoms with Gasteiger partial charge >= 0.3 is 0 Å². The zero-order valence-corrected chi connectivity index (χ0v) is 10.8. The van der Waals surface area contributed by atoms with Gasteiger partial charge in [-0.2, -0.15) is 0 Å². The van der Waals surface area contributed by atoms with Gasteiger partial charge in [0.15, 0.2) is 9.84 Å². The van der Waals surface area contributed by atoms with Gasteiger partial charge in [0.05, 0.1) is 18.1 Å². The Morgan fingerprint density at radius 1 is 1.12 bits per heavy atom. The number of nitrogens with one attached hydrogen (secondary N) is 2. The van der Waals surface area contributed by atoms with Gasteiger partial charge in [0.1, 0.15) is 0 Å². The van der Waals surface area contributed by atoms with Crippen LogP contribution in [0, 0.1) is 0 Å². The van der Waals surface area contributed by atoms with Gasteiger partial charge < -0.3 is 10.6 Å². The van der Waals surface area contributed by atoms with E-state index in [0.717, 1.165) is 12.8 Å². The lowest BCUT2D eigenvalue weighted by atomic mass is 10.2. The highest BCUT2D eigenvalue weighted by molar-refractivity contribution is 7.91. The predicted molar refractivity (Wildman–Crippen MR) is 65.5 cm³/mol. The van der Waals surface area contributed by atoms with Crippen molar-refractivity contribution in [1.82, 2.24) is 10.6 Å². The maximum atomic E-state index is 11.6. The molecule has 1 saturated heterocycles. The fourth-order valence-corrected chi connectivity index (χ4v) is 4.23. The molecule has 1 aliphatic heterocycles. The molecule has 0 aromatic rings. The molecule has 1 saturated carbocycles. The second-order valence-electron chi connectivity index (χ2n) is 5.03. The molecule has 6 heteroatoms. The van der Waals surface area contributed by atoms with Crippen LogP contribution in [-0.2, 0) is 14.6 Å². The minimum Gasteiger partial charge on any atom is -0.351 e. The Morgan fingerprint density at radius 2 is 1.82 bits per heavy atom. The Morgan fingerprint density at radius 3 is 2.41 bits per heavy atom. The van der Waals surface area contributed by atoms with Crippen LogP contribution in [0.4, 0.5) is 0 Å². The average Bonchev–Trinajstić information content (AvgIpc) is 2.85. The third-order valence-electron chi connectivity index (χ3n) is 3.50. The molecule has 2 rings (SSSR count). The summed E-state index contributed by atoms with van der Waals surface area (Å²) in [5.74, 6) is 0.217. The maximum absolute atomic E-state index is 11.6. The molecule has 1 atom stereocenters. The van der Waals surface area contributed by atoms with Gasteiger partial charge in [0.25, 0.3) is 0 Å². The van der Waals surface area contributed by atoms with Crippen molar-refractivity contribution in [2.24, 2.45) is 0 Å². The van der Waals surface area contributed by atoms with Crippen molar-refractivity contribution in [3.8, 4) is 0 Å². The molecular weight excluding hydrogens is 240 g/mol. The molecule has 2 fully saturated rings. The van der Waals surface area contributed by atoms with E-state index in [4.69, 9.17) is 0 Å². The Labute approximate surface area is 102 Å². The van der Waals surface area contributed by atoms with E-state index in [1.165, 1.54) is 12.8 Å². The SMILES string of the molecule is O=C(CNC1CCCC1)NC1CCS(=O)(=O)C1. The summed E-state index contributed by atoms with van der Waals surface area (Å²) < 4.78 is 22.4. The van der Waals surface area contributed by atoms with Crippen LogP contribution in [0.1, 0.15) is 32.1 Å². The Hall–Kier alpha value is -0.620. The van der Waals surface area contributed by atoms with E-state index in [-0.39, 0.29) is 23.5 Å². The maximum Gasteiger partial charge on any atom is 0.234 e. The largest absolute Gasteiger partial charge is 0.351 e. The van der Waals surface area contributed by atoms with E-state index in [0.29, 0.717) is 19.0 Å². The Balaban J connectivity index is 1.67. The molecule has 98 valence electrons. The van der Waals surface area contributed by atoms with E-state index in [2.05, 4.69) is 10.6 Å². The zero-order chi connectivity index (χ0) is 12.3. The molecule has 17 heavy (non-hydrogen) atoms. The first kappa shape index (κ1) is 12.8. The summed E-state index contributed by atoms with van der Waals surface area (Å²) in [5.41, 5.74) is 0. The van der Waals surface area contributed by atoms with Crippen LogP contribution >= 0.6 is 0 Å². The van der Waals surface area contributed by atoms with E-state index in [1.54, 1.807) is 0 Å². The highest BCUT2D eigenvalue weighted by Gasteiger charge is 2.28. The van der Waals surface area contributed by atoms with Gasteiger partial charge in [0.2, 0.25) is 5.91 Å². The van der Waals surface area contributed by atoms with Crippen LogP contribution in [-0.4, -0.2) is 44.5 Å². The second kappa shape index (κ2) is 5.35. The normalized spacial score (nSPS) is 28.4. The molecule has 1 aliphatic carbocycles. The van der Waals surface area contributed by atoms with Gasteiger partial charge in [-0.1, -0.05) is 12.8 Å². The molecule has 0 bridgehead atoms. The summed E-state index contributed by atoms with van der Waals surface area (Å²) in [5, 5.41) is 5.99. The van der Waals surface area contributed by atoms with Gasteiger partial charge in [-0.15, -0.1) is 0 Å². The van der Waals surface area contributed by atoms with Gasteiger partial charge in [-0.05, 0) is 19.3 Å². The van der Waals surface area contributed by atoms with Crippen LogP contribution in [0.3, 0.4) is 0 Å². The van der Waals surface area contributed by atoms with Gasteiger partial charge in [-0.3, -0.25) is 4.79 Å². The first-order chi connectivity index (χ1) is 8.05. The summed E-state index contributed by atoms with van der Waals surface area (Å²) in [6, 6.07) is 0.283. The van der Waals surface area contributed by atoms with E-state index in [9.17, 15) is 13.2 Å². The molecule has 0 radical (unpaired) electrons. The molecule has 0 aromatic heterocycles. The van der Waals surface area contributed by atoms with Crippen LogP contribution in [0.2, 0.25) is 0 Å². The minimum absolute atomic E-state index is 0.0843. The molecule has 1 unspecified atom stereocenters.